The molecule has 0 aromatic heterocycles. The van der Waals surface area contributed by atoms with Crippen LogP contribution in [-0.4, -0.2) is 18.8 Å². The molecule has 0 atom stereocenters. The monoisotopic (exact) mass is 244 g/mol. The lowest BCUT2D eigenvalue weighted by Gasteiger charge is -2.25. The minimum Gasteiger partial charge on any atom is -0.496 e. The first-order valence-electron chi connectivity index (χ1n) is 5.40. The lowest BCUT2D eigenvalue weighted by Crippen LogP contribution is -2.23. The van der Waals surface area contributed by atoms with Crippen LogP contribution in [0.15, 0.2) is 18.2 Å². The van der Waals surface area contributed by atoms with Crippen molar-refractivity contribution < 1.29 is 18.6 Å². The molecule has 0 aliphatic carbocycles. The first-order chi connectivity index (χ1) is 7.72. The van der Waals surface area contributed by atoms with Crippen molar-refractivity contribution in [3.63, 3.8) is 0 Å². The van der Waals surface area contributed by atoms with Crippen LogP contribution in [0, 0.1) is 0 Å². The molecule has 17 heavy (non-hydrogen) atoms. The van der Waals surface area contributed by atoms with E-state index in [-0.39, 0.29) is 17.9 Å². The van der Waals surface area contributed by atoms with Crippen LogP contribution < -0.4 is 4.74 Å². The summed E-state index contributed by atoms with van der Waals surface area (Å²) in [7, 11) is 1.36. The smallest absolute Gasteiger partial charge is 0.274 e. The van der Waals surface area contributed by atoms with Gasteiger partial charge in [0, 0.05) is 12.3 Å². The molecule has 0 saturated carbocycles. The van der Waals surface area contributed by atoms with E-state index in [1.807, 2.05) is 0 Å². The molecule has 96 valence electrons. The second-order valence-electron chi connectivity index (χ2n) is 4.85. The van der Waals surface area contributed by atoms with Gasteiger partial charge in [-0.25, -0.2) is 8.78 Å². The van der Waals surface area contributed by atoms with Gasteiger partial charge in [-0.15, -0.1) is 0 Å². The van der Waals surface area contributed by atoms with Crippen molar-refractivity contribution in [2.75, 3.05) is 13.7 Å². The largest absolute Gasteiger partial charge is 0.496 e. The van der Waals surface area contributed by atoms with Crippen LogP contribution >= 0.6 is 0 Å². The van der Waals surface area contributed by atoms with Gasteiger partial charge in [0.05, 0.1) is 19.3 Å². The van der Waals surface area contributed by atoms with Gasteiger partial charge in [0.2, 0.25) is 0 Å². The van der Waals surface area contributed by atoms with E-state index in [2.05, 4.69) is 0 Å². The zero-order chi connectivity index (χ0) is 13.3. The molecule has 0 fully saturated rings. The van der Waals surface area contributed by atoms with Gasteiger partial charge in [0.25, 0.3) is 5.92 Å². The minimum absolute atomic E-state index is 0.103. The maximum atomic E-state index is 13.4. The van der Waals surface area contributed by atoms with Gasteiger partial charge in [-0.1, -0.05) is 19.9 Å². The minimum atomic E-state index is -2.97. The predicted molar refractivity (Wildman–Crippen MR) is 62.7 cm³/mol. The molecule has 1 aromatic rings. The van der Waals surface area contributed by atoms with E-state index >= 15 is 0 Å². The van der Waals surface area contributed by atoms with Crippen molar-refractivity contribution >= 4 is 0 Å². The quantitative estimate of drug-likeness (QED) is 0.882. The highest BCUT2D eigenvalue weighted by Crippen LogP contribution is 2.37. The number of rotatable bonds is 4. The number of methoxy groups -OCH3 is 1. The maximum absolute atomic E-state index is 13.4. The van der Waals surface area contributed by atoms with Crippen molar-refractivity contribution in [1.82, 2.24) is 0 Å². The number of alkyl halides is 2. The molecular formula is C13H18F2O2. The fourth-order valence-corrected chi connectivity index (χ4v) is 1.56. The van der Waals surface area contributed by atoms with E-state index in [1.54, 1.807) is 19.9 Å². The van der Waals surface area contributed by atoms with Crippen molar-refractivity contribution in [2.24, 2.45) is 0 Å². The molecule has 0 unspecified atom stereocenters. The van der Waals surface area contributed by atoms with Gasteiger partial charge < -0.3 is 9.84 Å². The average molecular weight is 244 g/mol. The molecule has 0 aliphatic rings. The summed E-state index contributed by atoms with van der Waals surface area (Å²) >= 11 is 0. The van der Waals surface area contributed by atoms with Crippen LogP contribution in [0.4, 0.5) is 8.78 Å². The third kappa shape index (κ3) is 2.94. The number of ether oxygens (including phenoxy) is 1. The Bertz CT molecular complexity index is 395. The molecule has 2 nitrogen and oxygen atoms in total. The highest BCUT2D eigenvalue weighted by molar-refractivity contribution is 5.42. The number of aliphatic hydroxyl groups is 1. The molecule has 1 aromatic carbocycles. The van der Waals surface area contributed by atoms with Gasteiger partial charge in [-0.2, -0.15) is 0 Å². The van der Waals surface area contributed by atoms with Gasteiger partial charge in [0.15, 0.2) is 0 Å². The molecule has 0 bridgehead atoms. The van der Waals surface area contributed by atoms with Crippen LogP contribution in [-0.2, 0) is 11.3 Å². The van der Waals surface area contributed by atoms with Crippen molar-refractivity contribution in [1.29, 1.82) is 0 Å². The Balaban J connectivity index is 3.33. The zero-order valence-corrected chi connectivity index (χ0v) is 10.6. The number of hydrogen-bond acceptors (Lipinski definition) is 2. The Hall–Kier alpha value is -1.16. The fraction of sp³-hybridized carbons (Fsp3) is 0.538. The van der Waals surface area contributed by atoms with Crippen molar-refractivity contribution in [2.45, 2.75) is 32.1 Å². The van der Waals surface area contributed by atoms with E-state index in [9.17, 15) is 13.9 Å². The molecule has 0 amide bonds. The predicted octanol–water partition coefficient (Wildman–Crippen LogP) is 3.08. The fourth-order valence-electron chi connectivity index (χ4n) is 1.56. The number of benzene rings is 1. The average Bonchev–Trinajstić information content (AvgIpc) is 2.27. The van der Waals surface area contributed by atoms with Crippen LogP contribution in [0.5, 0.6) is 5.75 Å². The summed E-state index contributed by atoms with van der Waals surface area (Å²) in [5, 5.41) is 9.25. The summed E-state index contributed by atoms with van der Waals surface area (Å²) in [6.07, 6.45) is 0. The Kier molecular flexibility index (Phi) is 3.77. The summed E-state index contributed by atoms with van der Waals surface area (Å²) in [5.74, 6) is -2.80. The zero-order valence-electron chi connectivity index (χ0n) is 10.6. The molecule has 0 radical (unpaired) electrons. The molecule has 0 heterocycles. The van der Waals surface area contributed by atoms with E-state index < -0.39 is 11.3 Å². The summed E-state index contributed by atoms with van der Waals surface area (Å²) in [6, 6.07) is 4.61. The topological polar surface area (TPSA) is 29.5 Å². The Morgan fingerprint density at radius 3 is 2.24 bits per heavy atom. The second-order valence-corrected chi connectivity index (χ2v) is 4.85. The molecule has 1 N–H and O–H groups in total. The SMILES string of the molecule is COc1ccc(C(C)(C)CO)cc1C(C)(F)F. The lowest BCUT2D eigenvalue weighted by atomic mass is 9.84. The number of halogens is 2. The molecular weight excluding hydrogens is 226 g/mol. The summed E-state index contributed by atoms with van der Waals surface area (Å²) < 4.78 is 31.8. The van der Waals surface area contributed by atoms with Gasteiger partial charge in [-0.05, 0) is 17.7 Å². The lowest BCUT2D eigenvalue weighted by molar-refractivity contribution is 0.0148. The van der Waals surface area contributed by atoms with E-state index in [0.717, 1.165) is 6.92 Å². The van der Waals surface area contributed by atoms with E-state index in [1.165, 1.54) is 19.2 Å². The van der Waals surface area contributed by atoms with Crippen molar-refractivity contribution in [3.05, 3.63) is 29.3 Å². The normalized spacial score (nSPS) is 12.6. The Morgan fingerprint density at radius 1 is 1.24 bits per heavy atom. The van der Waals surface area contributed by atoms with Gasteiger partial charge in [0.1, 0.15) is 5.75 Å². The first kappa shape index (κ1) is 13.9. The highest BCUT2D eigenvalue weighted by Gasteiger charge is 2.31. The summed E-state index contributed by atoms with van der Waals surface area (Å²) in [5.41, 5.74) is -0.0388. The number of aliphatic hydroxyl groups excluding tert-OH is 1. The molecule has 0 aliphatic heterocycles. The number of hydrogen-bond donors (Lipinski definition) is 1. The highest BCUT2D eigenvalue weighted by atomic mass is 19.3. The maximum Gasteiger partial charge on any atom is 0.274 e. The standard InChI is InChI=1S/C13H18F2O2/c1-12(2,8-16)9-5-6-11(17-4)10(7-9)13(3,14)15/h5-7,16H,8H2,1-4H3. The van der Waals surface area contributed by atoms with Crippen LogP contribution in [0.3, 0.4) is 0 Å². The molecule has 1 rings (SSSR count). The van der Waals surface area contributed by atoms with E-state index in [0.29, 0.717) is 5.56 Å². The first-order valence-corrected chi connectivity index (χ1v) is 5.40. The second kappa shape index (κ2) is 4.61. The third-order valence-electron chi connectivity index (χ3n) is 2.85. The molecule has 0 saturated heterocycles. The van der Waals surface area contributed by atoms with Crippen LogP contribution in [0.1, 0.15) is 31.9 Å². The third-order valence-corrected chi connectivity index (χ3v) is 2.85. The van der Waals surface area contributed by atoms with Crippen LogP contribution in [0.2, 0.25) is 0 Å². The van der Waals surface area contributed by atoms with Crippen LogP contribution in [0.25, 0.3) is 0 Å². The van der Waals surface area contributed by atoms with Gasteiger partial charge in [-0.3, -0.25) is 0 Å². The van der Waals surface area contributed by atoms with Gasteiger partial charge >= 0.3 is 0 Å². The summed E-state index contributed by atoms with van der Waals surface area (Å²) in [6.45, 7) is 4.33. The Morgan fingerprint density at radius 2 is 1.82 bits per heavy atom. The van der Waals surface area contributed by atoms with E-state index in [4.69, 9.17) is 4.74 Å². The van der Waals surface area contributed by atoms with Crippen molar-refractivity contribution in [3.8, 4) is 5.75 Å². The Labute approximate surface area is 100 Å². The summed E-state index contributed by atoms with van der Waals surface area (Å²) in [4.78, 5) is 0. The molecule has 0 spiro atoms. The molecule has 4 heteroatoms.